The highest BCUT2D eigenvalue weighted by Crippen LogP contribution is 2.25. The Morgan fingerprint density at radius 3 is 2.78 bits per heavy atom. The first kappa shape index (κ1) is 15.9. The van der Waals surface area contributed by atoms with Gasteiger partial charge in [0.2, 0.25) is 0 Å². The van der Waals surface area contributed by atoms with Gasteiger partial charge in [-0.25, -0.2) is 9.97 Å². The molecule has 1 unspecified atom stereocenters. The van der Waals surface area contributed by atoms with E-state index in [-0.39, 0.29) is 0 Å². The van der Waals surface area contributed by atoms with Gasteiger partial charge in [-0.2, -0.15) is 0 Å². The first-order chi connectivity index (χ1) is 11.0. The molecule has 0 saturated carbocycles. The molecule has 3 heterocycles. The predicted molar refractivity (Wildman–Crippen MR) is 93.6 cm³/mol. The fourth-order valence-corrected chi connectivity index (χ4v) is 3.26. The Bertz CT molecular complexity index is 671. The molecule has 0 aromatic carbocycles. The Balaban J connectivity index is 1.87. The van der Waals surface area contributed by atoms with E-state index in [2.05, 4.69) is 47.7 Å². The molecule has 5 nitrogen and oxygen atoms in total. The quantitative estimate of drug-likeness (QED) is 0.868. The molecule has 3 rings (SSSR count). The lowest BCUT2D eigenvalue weighted by atomic mass is 10.1. The summed E-state index contributed by atoms with van der Waals surface area (Å²) >= 11 is 0. The van der Waals surface area contributed by atoms with Gasteiger partial charge in [-0.15, -0.1) is 0 Å². The highest BCUT2D eigenvalue weighted by atomic mass is 15.2. The van der Waals surface area contributed by atoms with Crippen LogP contribution in [-0.2, 0) is 0 Å². The highest BCUT2D eigenvalue weighted by molar-refractivity contribution is 5.59. The lowest BCUT2D eigenvalue weighted by Crippen LogP contribution is -2.29. The Morgan fingerprint density at radius 1 is 1.30 bits per heavy atom. The topological polar surface area (TPSA) is 45.2 Å². The minimum absolute atomic E-state index is 0.710. The maximum Gasteiger partial charge on any atom is 0.163 e. The molecule has 1 aliphatic heterocycles. The molecule has 1 saturated heterocycles. The van der Waals surface area contributed by atoms with Crippen molar-refractivity contribution >= 4 is 5.82 Å². The Labute approximate surface area is 138 Å². The van der Waals surface area contributed by atoms with Crippen LogP contribution in [0.2, 0.25) is 0 Å². The molecule has 0 N–H and O–H groups in total. The van der Waals surface area contributed by atoms with Gasteiger partial charge in [-0.3, -0.25) is 4.98 Å². The van der Waals surface area contributed by atoms with Gasteiger partial charge in [0.1, 0.15) is 5.82 Å². The van der Waals surface area contributed by atoms with Crippen LogP contribution >= 0.6 is 0 Å². The summed E-state index contributed by atoms with van der Waals surface area (Å²) in [5.74, 6) is 2.50. The summed E-state index contributed by atoms with van der Waals surface area (Å²) in [5.41, 5.74) is 3.15. The van der Waals surface area contributed by atoms with Crippen LogP contribution in [0.15, 0.2) is 24.5 Å². The van der Waals surface area contributed by atoms with Crippen LogP contribution in [0.25, 0.3) is 11.4 Å². The van der Waals surface area contributed by atoms with Gasteiger partial charge >= 0.3 is 0 Å². The summed E-state index contributed by atoms with van der Waals surface area (Å²) in [6.07, 6.45) is 4.85. The van der Waals surface area contributed by atoms with Crippen molar-refractivity contribution in [3.05, 3.63) is 35.8 Å². The second kappa shape index (κ2) is 6.62. The van der Waals surface area contributed by atoms with E-state index in [0.717, 1.165) is 35.0 Å². The average Bonchev–Trinajstić information content (AvgIpc) is 2.95. The minimum Gasteiger partial charge on any atom is -0.359 e. The summed E-state index contributed by atoms with van der Waals surface area (Å²) in [7, 11) is 4.33. The van der Waals surface area contributed by atoms with E-state index in [9.17, 15) is 0 Å². The summed E-state index contributed by atoms with van der Waals surface area (Å²) in [6, 6.07) is 3.93. The van der Waals surface area contributed by atoms with Crippen molar-refractivity contribution < 1.29 is 0 Å². The second-order valence-electron chi connectivity index (χ2n) is 6.62. The third kappa shape index (κ3) is 3.50. The van der Waals surface area contributed by atoms with Gasteiger partial charge < -0.3 is 9.80 Å². The molecule has 0 spiro atoms. The number of pyridine rings is 1. The fourth-order valence-electron chi connectivity index (χ4n) is 3.26. The van der Waals surface area contributed by atoms with Crippen molar-refractivity contribution in [2.45, 2.75) is 20.3 Å². The van der Waals surface area contributed by atoms with Crippen molar-refractivity contribution in [2.24, 2.45) is 5.92 Å². The molecule has 2 aromatic heterocycles. The minimum atomic E-state index is 0.710. The van der Waals surface area contributed by atoms with Crippen LogP contribution < -0.4 is 4.90 Å². The van der Waals surface area contributed by atoms with E-state index >= 15 is 0 Å². The first-order valence-electron chi connectivity index (χ1n) is 8.20. The molecule has 0 bridgehead atoms. The van der Waals surface area contributed by atoms with Crippen molar-refractivity contribution in [2.75, 3.05) is 38.6 Å². The van der Waals surface area contributed by atoms with Gasteiger partial charge in [0, 0.05) is 49.4 Å². The van der Waals surface area contributed by atoms with Crippen molar-refractivity contribution in [3.8, 4) is 11.4 Å². The normalized spacial score (nSPS) is 18.3. The third-order valence-electron chi connectivity index (χ3n) is 4.67. The van der Waals surface area contributed by atoms with E-state index in [1.54, 1.807) is 6.20 Å². The van der Waals surface area contributed by atoms with Crippen molar-refractivity contribution in [1.82, 2.24) is 19.9 Å². The SMILES string of the molecule is Cc1nc(-c2cccnc2)nc(N(C)CC2CCN(C)C2)c1C. The third-order valence-corrected chi connectivity index (χ3v) is 4.67. The number of aryl methyl sites for hydroxylation is 1. The molecular formula is C18H25N5. The molecular weight excluding hydrogens is 286 g/mol. The number of anilines is 1. The van der Waals surface area contributed by atoms with Crippen LogP contribution in [0.1, 0.15) is 17.7 Å². The van der Waals surface area contributed by atoms with Crippen LogP contribution in [0.3, 0.4) is 0 Å². The van der Waals surface area contributed by atoms with E-state index < -0.39 is 0 Å². The zero-order valence-corrected chi connectivity index (χ0v) is 14.5. The Morgan fingerprint density at radius 2 is 2.13 bits per heavy atom. The van der Waals surface area contributed by atoms with E-state index in [0.29, 0.717) is 5.92 Å². The zero-order chi connectivity index (χ0) is 16.4. The lowest BCUT2D eigenvalue weighted by molar-refractivity contribution is 0.395. The molecule has 1 atom stereocenters. The zero-order valence-electron chi connectivity index (χ0n) is 14.5. The summed E-state index contributed by atoms with van der Waals surface area (Å²) < 4.78 is 0. The average molecular weight is 311 g/mol. The number of nitrogens with zero attached hydrogens (tertiary/aromatic N) is 5. The summed E-state index contributed by atoms with van der Waals surface area (Å²) in [4.78, 5) is 18.3. The number of hydrogen-bond donors (Lipinski definition) is 0. The van der Waals surface area contributed by atoms with Gasteiger partial charge in [-0.1, -0.05) is 0 Å². The second-order valence-corrected chi connectivity index (χ2v) is 6.62. The first-order valence-corrected chi connectivity index (χ1v) is 8.20. The number of likely N-dealkylation sites (tertiary alicyclic amines) is 1. The molecule has 122 valence electrons. The molecule has 1 aliphatic rings. The van der Waals surface area contributed by atoms with Crippen LogP contribution in [-0.4, -0.2) is 53.6 Å². The molecule has 5 heteroatoms. The lowest BCUT2D eigenvalue weighted by Gasteiger charge is -2.24. The fraction of sp³-hybridized carbons (Fsp3) is 0.500. The van der Waals surface area contributed by atoms with Gasteiger partial charge in [0.25, 0.3) is 0 Å². The Kier molecular flexibility index (Phi) is 4.57. The van der Waals surface area contributed by atoms with E-state index in [1.807, 2.05) is 18.3 Å². The summed E-state index contributed by atoms with van der Waals surface area (Å²) in [6.45, 7) is 7.56. The van der Waals surface area contributed by atoms with Crippen LogP contribution in [0.5, 0.6) is 0 Å². The van der Waals surface area contributed by atoms with Gasteiger partial charge in [0.15, 0.2) is 5.82 Å². The van der Waals surface area contributed by atoms with E-state index in [4.69, 9.17) is 4.98 Å². The standard InChI is InChI=1S/C18H25N5/c1-13-14(2)20-17(16-6-5-8-19-10-16)21-18(13)23(4)12-15-7-9-22(3)11-15/h5-6,8,10,15H,7,9,11-12H2,1-4H3. The summed E-state index contributed by atoms with van der Waals surface area (Å²) in [5, 5.41) is 0. The van der Waals surface area contributed by atoms with Gasteiger partial charge in [0.05, 0.1) is 0 Å². The number of hydrogen-bond acceptors (Lipinski definition) is 5. The molecule has 0 aliphatic carbocycles. The predicted octanol–water partition coefficient (Wildman–Crippen LogP) is 2.54. The molecule has 23 heavy (non-hydrogen) atoms. The van der Waals surface area contributed by atoms with Crippen molar-refractivity contribution in [3.63, 3.8) is 0 Å². The smallest absolute Gasteiger partial charge is 0.163 e. The number of aromatic nitrogens is 3. The maximum absolute atomic E-state index is 4.83. The largest absolute Gasteiger partial charge is 0.359 e. The van der Waals surface area contributed by atoms with Crippen LogP contribution in [0.4, 0.5) is 5.82 Å². The molecule has 0 radical (unpaired) electrons. The van der Waals surface area contributed by atoms with Crippen LogP contribution in [0, 0.1) is 19.8 Å². The molecule has 1 fully saturated rings. The molecule has 0 amide bonds. The monoisotopic (exact) mass is 311 g/mol. The highest BCUT2D eigenvalue weighted by Gasteiger charge is 2.22. The van der Waals surface area contributed by atoms with Crippen molar-refractivity contribution in [1.29, 1.82) is 0 Å². The van der Waals surface area contributed by atoms with E-state index in [1.165, 1.54) is 19.5 Å². The molecule has 2 aromatic rings. The maximum atomic E-state index is 4.83. The Hall–Kier alpha value is -2.01. The van der Waals surface area contributed by atoms with Gasteiger partial charge in [-0.05, 0) is 51.9 Å². The number of rotatable bonds is 4.